The second-order valence-corrected chi connectivity index (χ2v) is 7.09. The van der Waals surface area contributed by atoms with Gasteiger partial charge in [0.1, 0.15) is 5.82 Å². The lowest BCUT2D eigenvalue weighted by molar-refractivity contribution is 0.0179. The van der Waals surface area contributed by atoms with Gasteiger partial charge in [-0.1, -0.05) is 19.1 Å². The van der Waals surface area contributed by atoms with Gasteiger partial charge >= 0.3 is 0 Å². The first-order valence-corrected chi connectivity index (χ1v) is 9.25. The summed E-state index contributed by atoms with van der Waals surface area (Å²) < 4.78 is 19.2. The number of piperidine rings is 1. The first-order valence-electron chi connectivity index (χ1n) is 9.25. The zero-order valence-corrected chi connectivity index (χ0v) is 15.0. The molecule has 0 spiro atoms. The van der Waals surface area contributed by atoms with Gasteiger partial charge < -0.3 is 15.4 Å². The zero-order chi connectivity index (χ0) is 17.6. The smallest absolute Gasteiger partial charge is 0.191 e. The molecule has 0 bridgehead atoms. The minimum absolute atomic E-state index is 0.0295. The molecule has 2 fully saturated rings. The highest BCUT2D eigenvalue weighted by Gasteiger charge is 2.24. The van der Waals surface area contributed by atoms with Crippen LogP contribution in [-0.4, -0.2) is 61.7 Å². The van der Waals surface area contributed by atoms with E-state index in [2.05, 4.69) is 21.7 Å². The second kappa shape index (κ2) is 8.63. The van der Waals surface area contributed by atoms with E-state index in [4.69, 9.17) is 10.5 Å². The van der Waals surface area contributed by atoms with Crippen molar-refractivity contribution in [2.45, 2.75) is 25.8 Å². The van der Waals surface area contributed by atoms with Crippen LogP contribution in [0.25, 0.3) is 0 Å². The van der Waals surface area contributed by atoms with E-state index in [9.17, 15) is 4.39 Å². The largest absolute Gasteiger partial charge is 0.379 e. The number of ether oxygens (including phenoxy) is 1. The highest BCUT2D eigenvalue weighted by molar-refractivity contribution is 5.78. The number of nitrogens with zero attached hydrogens (tertiary/aromatic N) is 3. The lowest BCUT2D eigenvalue weighted by Gasteiger charge is -2.35. The predicted molar refractivity (Wildman–Crippen MR) is 98.0 cm³/mol. The van der Waals surface area contributed by atoms with Crippen LogP contribution in [0, 0.1) is 11.7 Å². The standard InChI is InChI=1S/C19H29FN4O/c1-15-5-7-24(8-6-15)19(21)22-14-18(23-9-11-25-12-10-23)16-3-2-4-17(20)13-16/h2-4,13,15,18H,5-12,14H2,1H3,(H2,21,22). The number of benzene rings is 1. The summed E-state index contributed by atoms with van der Waals surface area (Å²) in [6.07, 6.45) is 2.32. The third-order valence-corrected chi connectivity index (χ3v) is 5.25. The Kier molecular flexibility index (Phi) is 6.26. The fourth-order valence-corrected chi connectivity index (χ4v) is 3.55. The van der Waals surface area contributed by atoms with E-state index < -0.39 is 0 Å². The molecule has 0 radical (unpaired) electrons. The fourth-order valence-electron chi connectivity index (χ4n) is 3.55. The van der Waals surface area contributed by atoms with E-state index in [0.29, 0.717) is 25.7 Å². The van der Waals surface area contributed by atoms with Crippen molar-refractivity contribution in [3.8, 4) is 0 Å². The van der Waals surface area contributed by atoms with Gasteiger partial charge in [0, 0.05) is 26.2 Å². The Balaban J connectivity index is 1.71. The maximum atomic E-state index is 13.7. The molecule has 0 aliphatic carbocycles. The Bertz CT molecular complexity index is 581. The van der Waals surface area contributed by atoms with Crippen molar-refractivity contribution in [1.29, 1.82) is 0 Å². The van der Waals surface area contributed by atoms with Crippen LogP contribution in [0.15, 0.2) is 29.3 Å². The first-order chi connectivity index (χ1) is 12.1. The van der Waals surface area contributed by atoms with Crippen LogP contribution in [0.1, 0.15) is 31.4 Å². The topological polar surface area (TPSA) is 54.1 Å². The molecule has 2 aliphatic heterocycles. The lowest BCUT2D eigenvalue weighted by Crippen LogP contribution is -2.44. The number of hydrogen-bond acceptors (Lipinski definition) is 3. The van der Waals surface area contributed by atoms with E-state index in [0.717, 1.165) is 50.5 Å². The molecule has 0 saturated carbocycles. The van der Waals surface area contributed by atoms with Crippen LogP contribution in [0.3, 0.4) is 0 Å². The normalized spacial score (nSPS) is 22.2. The van der Waals surface area contributed by atoms with Crippen molar-refractivity contribution < 1.29 is 9.13 Å². The van der Waals surface area contributed by atoms with Gasteiger partial charge in [-0.05, 0) is 36.5 Å². The SMILES string of the molecule is CC1CCN(C(N)=NCC(c2cccc(F)c2)N2CCOCC2)CC1. The fraction of sp³-hybridized carbons (Fsp3) is 0.632. The summed E-state index contributed by atoms with van der Waals surface area (Å²) in [5, 5.41) is 0. The number of aliphatic imine (C=N–C) groups is 1. The molecule has 2 N–H and O–H groups in total. The maximum Gasteiger partial charge on any atom is 0.191 e. The van der Waals surface area contributed by atoms with Crippen LogP contribution in [0.5, 0.6) is 0 Å². The van der Waals surface area contributed by atoms with Crippen LogP contribution in [0.4, 0.5) is 4.39 Å². The highest BCUT2D eigenvalue weighted by Crippen LogP contribution is 2.23. The third kappa shape index (κ3) is 4.92. The van der Waals surface area contributed by atoms with Crippen LogP contribution in [0.2, 0.25) is 0 Å². The molecule has 25 heavy (non-hydrogen) atoms. The van der Waals surface area contributed by atoms with Crippen molar-refractivity contribution in [3.63, 3.8) is 0 Å². The van der Waals surface area contributed by atoms with Crippen LogP contribution >= 0.6 is 0 Å². The van der Waals surface area contributed by atoms with Gasteiger partial charge in [-0.15, -0.1) is 0 Å². The quantitative estimate of drug-likeness (QED) is 0.670. The molecule has 1 atom stereocenters. The van der Waals surface area contributed by atoms with Crippen molar-refractivity contribution in [2.24, 2.45) is 16.6 Å². The molecular formula is C19H29FN4O. The van der Waals surface area contributed by atoms with Gasteiger partial charge in [-0.25, -0.2) is 4.39 Å². The Hall–Kier alpha value is -1.66. The summed E-state index contributed by atoms with van der Waals surface area (Å²) >= 11 is 0. The van der Waals surface area contributed by atoms with Gasteiger partial charge in [-0.3, -0.25) is 9.89 Å². The second-order valence-electron chi connectivity index (χ2n) is 7.09. The third-order valence-electron chi connectivity index (χ3n) is 5.25. The Labute approximate surface area is 149 Å². The van der Waals surface area contributed by atoms with Crippen LogP contribution in [-0.2, 0) is 4.74 Å². The molecule has 1 unspecified atom stereocenters. The molecule has 1 aromatic carbocycles. The first kappa shape index (κ1) is 18.1. The average Bonchev–Trinajstić information content (AvgIpc) is 2.63. The molecule has 1 aromatic rings. The summed E-state index contributed by atoms with van der Waals surface area (Å²) in [7, 11) is 0. The molecule has 5 nitrogen and oxygen atoms in total. The minimum atomic E-state index is -0.210. The maximum absolute atomic E-state index is 13.7. The van der Waals surface area contributed by atoms with Gasteiger partial charge in [0.15, 0.2) is 5.96 Å². The van der Waals surface area contributed by atoms with E-state index in [1.54, 1.807) is 12.1 Å². The summed E-state index contributed by atoms with van der Waals surface area (Å²) in [5.41, 5.74) is 7.19. The number of halogens is 1. The zero-order valence-electron chi connectivity index (χ0n) is 15.0. The number of morpholine rings is 1. The van der Waals surface area contributed by atoms with Crippen molar-refractivity contribution in [2.75, 3.05) is 45.9 Å². The summed E-state index contributed by atoms with van der Waals surface area (Å²) in [5.74, 6) is 1.16. The van der Waals surface area contributed by atoms with Gasteiger partial charge in [0.2, 0.25) is 0 Å². The molecule has 0 aromatic heterocycles. The summed E-state index contributed by atoms with van der Waals surface area (Å²) in [6, 6.07) is 6.84. The highest BCUT2D eigenvalue weighted by atomic mass is 19.1. The number of guanidine groups is 1. The van der Waals surface area contributed by atoms with Gasteiger partial charge in [0.25, 0.3) is 0 Å². The van der Waals surface area contributed by atoms with Crippen molar-refractivity contribution in [1.82, 2.24) is 9.80 Å². The predicted octanol–water partition coefficient (Wildman–Crippen LogP) is 2.25. The van der Waals surface area contributed by atoms with Crippen molar-refractivity contribution >= 4 is 5.96 Å². The summed E-state index contributed by atoms with van der Waals surface area (Å²) in [6.45, 7) is 7.83. The van der Waals surface area contributed by atoms with Gasteiger partial charge in [-0.2, -0.15) is 0 Å². The average molecular weight is 348 g/mol. The molecule has 138 valence electrons. The molecule has 2 heterocycles. The summed E-state index contributed by atoms with van der Waals surface area (Å²) in [4.78, 5) is 9.15. The molecular weight excluding hydrogens is 319 g/mol. The van der Waals surface area contributed by atoms with Gasteiger partial charge in [0.05, 0.1) is 25.8 Å². The lowest BCUT2D eigenvalue weighted by atomic mass is 10.00. The van der Waals surface area contributed by atoms with E-state index in [1.165, 1.54) is 6.07 Å². The number of hydrogen-bond donors (Lipinski definition) is 1. The Morgan fingerprint density at radius 3 is 2.68 bits per heavy atom. The van der Waals surface area contributed by atoms with Crippen LogP contribution < -0.4 is 5.73 Å². The number of nitrogens with two attached hydrogens (primary N) is 1. The minimum Gasteiger partial charge on any atom is -0.379 e. The van der Waals surface area contributed by atoms with E-state index in [-0.39, 0.29) is 11.9 Å². The Morgan fingerprint density at radius 2 is 2.00 bits per heavy atom. The molecule has 2 saturated heterocycles. The number of rotatable bonds is 4. The molecule has 0 amide bonds. The Morgan fingerprint density at radius 1 is 1.28 bits per heavy atom. The van der Waals surface area contributed by atoms with E-state index in [1.807, 2.05) is 6.07 Å². The monoisotopic (exact) mass is 348 g/mol. The molecule has 6 heteroatoms. The molecule has 3 rings (SSSR count). The number of likely N-dealkylation sites (tertiary alicyclic amines) is 1. The van der Waals surface area contributed by atoms with E-state index >= 15 is 0 Å². The van der Waals surface area contributed by atoms with Crippen molar-refractivity contribution in [3.05, 3.63) is 35.6 Å². The molecule has 2 aliphatic rings.